The zero-order chi connectivity index (χ0) is 19.1. The van der Waals surface area contributed by atoms with E-state index >= 15 is 0 Å². The summed E-state index contributed by atoms with van der Waals surface area (Å²) in [5.74, 6) is 1.52. The molecule has 0 radical (unpaired) electrons. The average molecular weight is 367 g/mol. The molecule has 0 atom stereocenters. The van der Waals surface area contributed by atoms with Crippen LogP contribution in [0.2, 0.25) is 0 Å². The van der Waals surface area contributed by atoms with Gasteiger partial charge < -0.3 is 20.7 Å². The quantitative estimate of drug-likeness (QED) is 0.823. The number of carbonyl (C=O) groups is 1. The molecule has 3 rings (SSSR count). The molecule has 1 heterocycles. The van der Waals surface area contributed by atoms with Gasteiger partial charge in [0.15, 0.2) is 0 Å². The minimum Gasteiger partial charge on any atom is -0.497 e. The zero-order valence-corrected chi connectivity index (χ0v) is 16.0. The van der Waals surface area contributed by atoms with Crippen molar-refractivity contribution in [2.24, 2.45) is 11.7 Å². The van der Waals surface area contributed by atoms with E-state index in [0.29, 0.717) is 19.0 Å². The highest BCUT2D eigenvalue weighted by Crippen LogP contribution is 2.23. The number of likely N-dealkylation sites (tertiary alicyclic amines) is 1. The van der Waals surface area contributed by atoms with Gasteiger partial charge in [-0.05, 0) is 54.0 Å². The first-order valence-electron chi connectivity index (χ1n) is 9.61. The van der Waals surface area contributed by atoms with Crippen molar-refractivity contribution in [2.75, 3.05) is 20.2 Å². The second-order valence-electron chi connectivity index (χ2n) is 7.16. The van der Waals surface area contributed by atoms with Crippen LogP contribution in [0, 0.1) is 5.92 Å². The van der Waals surface area contributed by atoms with Crippen LogP contribution in [0.4, 0.5) is 4.79 Å². The number of nitrogens with one attached hydrogen (secondary N) is 1. The van der Waals surface area contributed by atoms with Crippen molar-refractivity contribution in [2.45, 2.75) is 32.4 Å². The average Bonchev–Trinajstić information content (AvgIpc) is 2.73. The molecule has 144 valence electrons. The molecule has 0 aromatic heterocycles. The van der Waals surface area contributed by atoms with Crippen molar-refractivity contribution < 1.29 is 9.53 Å². The van der Waals surface area contributed by atoms with E-state index in [2.05, 4.69) is 17.4 Å². The summed E-state index contributed by atoms with van der Waals surface area (Å²) in [7, 11) is 1.69. The number of rotatable bonds is 6. The number of methoxy groups -OCH3 is 1. The topological polar surface area (TPSA) is 67.6 Å². The Morgan fingerprint density at radius 1 is 1.04 bits per heavy atom. The first kappa shape index (κ1) is 19.2. The van der Waals surface area contributed by atoms with Crippen molar-refractivity contribution in [3.05, 3.63) is 65.2 Å². The molecule has 2 aromatic carbocycles. The summed E-state index contributed by atoms with van der Waals surface area (Å²) in [5.41, 5.74) is 9.14. The molecule has 1 fully saturated rings. The molecule has 1 saturated heterocycles. The Kier molecular flexibility index (Phi) is 6.71. The van der Waals surface area contributed by atoms with Crippen molar-refractivity contribution in [3.8, 4) is 5.75 Å². The molecule has 0 aliphatic carbocycles. The number of nitrogens with two attached hydrogens (primary N) is 1. The second kappa shape index (κ2) is 9.42. The van der Waals surface area contributed by atoms with Gasteiger partial charge in [0.25, 0.3) is 0 Å². The number of urea groups is 1. The van der Waals surface area contributed by atoms with E-state index in [9.17, 15) is 4.79 Å². The van der Waals surface area contributed by atoms with Crippen LogP contribution in [0.3, 0.4) is 0 Å². The van der Waals surface area contributed by atoms with Gasteiger partial charge in [0.1, 0.15) is 5.75 Å². The summed E-state index contributed by atoms with van der Waals surface area (Å²) in [6.45, 7) is 2.73. The minimum atomic E-state index is 0.0285. The van der Waals surface area contributed by atoms with Gasteiger partial charge in [-0.3, -0.25) is 0 Å². The molecule has 0 bridgehead atoms. The van der Waals surface area contributed by atoms with E-state index < -0.39 is 0 Å². The van der Waals surface area contributed by atoms with Gasteiger partial charge >= 0.3 is 6.03 Å². The summed E-state index contributed by atoms with van der Waals surface area (Å²) in [5, 5.41) is 3.03. The summed E-state index contributed by atoms with van der Waals surface area (Å²) < 4.78 is 5.21. The molecule has 5 nitrogen and oxygen atoms in total. The van der Waals surface area contributed by atoms with Crippen LogP contribution in [0.25, 0.3) is 0 Å². The molecular weight excluding hydrogens is 338 g/mol. The van der Waals surface area contributed by atoms with E-state index in [0.717, 1.165) is 49.2 Å². The summed E-state index contributed by atoms with van der Waals surface area (Å²) >= 11 is 0. The number of hydrogen-bond donors (Lipinski definition) is 2. The van der Waals surface area contributed by atoms with Crippen molar-refractivity contribution in [1.82, 2.24) is 10.2 Å². The van der Waals surface area contributed by atoms with Crippen molar-refractivity contribution in [3.63, 3.8) is 0 Å². The third-order valence-electron chi connectivity index (χ3n) is 5.29. The largest absolute Gasteiger partial charge is 0.497 e. The SMILES string of the molecule is COc1ccc(CC2CCN(C(=O)NCc3ccc(CN)cc3)CC2)cc1. The lowest BCUT2D eigenvalue weighted by Crippen LogP contribution is -2.44. The van der Waals surface area contributed by atoms with Crippen LogP contribution >= 0.6 is 0 Å². The van der Waals surface area contributed by atoms with Crippen LogP contribution in [0.5, 0.6) is 5.75 Å². The summed E-state index contributed by atoms with van der Waals surface area (Å²) in [6.07, 6.45) is 3.15. The maximum Gasteiger partial charge on any atom is 0.317 e. The maximum atomic E-state index is 12.4. The van der Waals surface area contributed by atoms with Gasteiger partial charge in [-0.25, -0.2) is 4.79 Å². The number of hydrogen-bond acceptors (Lipinski definition) is 3. The second-order valence-corrected chi connectivity index (χ2v) is 7.16. The van der Waals surface area contributed by atoms with Gasteiger partial charge in [0, 0.05) is 26.2 Å². The molecule has 0 unspecified atom stereocenters. The molecule has 1 aliphatic rings. The highest BCUT2D eigenvalue weighted by molar-refractivity contribution is 5.74. The lowest BCUT2D eigenvalue weighted by molar-refractivity contribution is 0.170. The van der Waals surface area contributed by atoms with E-state index in [4.69, 9.17) is 10.5 Å². The van der Waals surface area contributed by atoms with Crippen LogP contribution in [-0.2, 0) is 19.5 Å². The minimum absolute atomic E-state index is 0.0285. The van der Waals surface area contributed by atoms with E-state index in [1.54, 1.807) is 7.11 Å². The number of amides is 2. The normalized spacial score (nSPS) is 14.8. The molecule has 27 heavy (non-hydrogen) atoms. The fourth-order valence-corrected chi connectivity index (χ4v) is 3.52. The van der Waals surface area contributed by atoms with E-state index in [1.165, 1.54) is 5.56 Å². The van der Waals surface area contributed by atoms with Crippen molar-refractivity contribution in [1.29, 1.82) is 0 Å². The Labute approximate surface area is 161 Å². The first-order valence-corrected chi connectivity index (χ1v) is 9.61. The van der Waals surface area contributed by atoms with E-state index in [-0.39, 0.29) is 6.03 Å². The molecule has 2 aromatic rings. The molecule has 5 heteroatoms. The van der Waals surface area contributed by atoms with Crippen LogP contribution in [0.15, 0.2) is 48.5 Å². The Morgan fingerprint density at radius 3 is 2.22 bits per heavy atom. The number of benzene rings is 2. The summed E-state index contributed by atoms with van der Waals surface area (Å²) in [4.78, 5) is 14.3. The number of ether oxygens (including phenoxy) is 1. The third-order valence-corrected chi connectivity index (χ3v) is 5.29. The van der Waals surface area contributed by atoms with Crippen LogP contribution in [-0.4, -0.2) is 31.1 Å². The number of nitrogens with zero attached hydrogens (tertiary/aromatic N) is 1. The predicted molar refractivity (Wildman–Crippen MR) is 108 cm³/mol. The van der Waals surface area contributed by atoms with Gasteiger partial charge in [0.2, 0.25) is 0 Å². The lowest BCUT2D eigenvalue weighted by Gasteiger charge is -2.32. The highest BCUT2D eigenvalue weighted by atomic mass is 16.5. The smallest absolute Gasteiger partial charge is 0.317 e. The predicted octanol–water partition coefficient (Wildman–Crippen LogP) is 3.32. The Morgan fingerprint density at radius 2 is 1.63 bits per heavy atom. The molecule has 1 aliphatic heterocycles. The highest BCUT2D eigenvalue weighted by Gasteiger charge is 2.22. The molecular formula is C22H29N3O2. The van der Waals surface area contributed by atoms with Crippen molar-refractivity contribution >= 4 is 6.03 Å². The van der Waals surface area contributed by atoms with Crippen LogP contribution in [0.1, 0.15) is 29.5 Å². The zero-order valence-electron chi connectivity index (χ0n) is 16.0. The van der Waals surface area contributed by atoms with Crippen LogP contribution < -0.4 is 15.8 Å². The number of piperidine rings is 1. The fraction of sp³-hybridized carbons (Fsp3) is 0.409. The lowest BCUT2D eigenvalue weighted by atomic mass is 9.90. The monoisotopic (exact) mass is 367 g/mol. The Balaban J connectivity index is 1.41. The maximum absolute atomic E-state index is 12.4. The Bertz CT molecular complexity index is 720. The Hall–Kier alpha value is -2.53. The van der Waals surface area contributed by atoms with Gasteiger partial charge in [0.05, 0.1) is 7.11 Å². The first-order chi connectivity index (χ1) is 13.2. The van der Waals surface area contributed by atoms with E-state index in [1.807, 2.05) is 41.3 Å². The van der Waals surface area contributed by atoms with Gasteiger partial charge in [-0.1, -0.05) is 36.4 Å². The van der Waals surface area contributed by atoms with Gasteiger partial charge in [-0.2, -0.15) is 0 Å². The number of carbonyl (C=O) groups excluding carboxylic acids is 1. The van der Waals surface area contributed by atoms with Gasteiger partial charge in [-0.15, -0.1) is 0 Å². The molecule has 0 saturated carbocycles. The summed E-state index contributed by atoms with van der Waals surface area (Å²) in [6, 6.07) is 16.4. The molecule has 0 spiro atoms. The standard InChI is InChI=1S/C22H29N3O2/c1-27-21-8-6-17(7-9-21)14-18-10-12-25(13-11-18)22(26)24-16-20-4-2-19(15-23)3-5-20/h2-9,18H,10-16,23H2,1H3,(H,24,26). The fourth-order valence-electron chi connectivity index (χ4n) is 3.52. The molecule has 2 amide bonds. The molecule has 3 N–H and O–H groups in total. The third kappa shape index (κ3) is 5.47.